The summed E-state index contributed by atoms with van der Waals surface area (Å²) >= 11 is 0. The molecule has 0 aliphatic carbocycles. The minimum Gasteiger partial charge on any atom is -0.456 e. The summed E-state index contributed by atoms with van der Waals surface area (Å²) in [6.45, 7) is 0. The van der Waals surface area contributed by atoms with E-state index in [0.29, 0.717) is 5.82 Å². The molecule has 270 valence electrons. The molecule has 0 radical (unpaired) electrons. The van der Waals surface area contributed by atoms with Gasteiger partial charge in [-0.1, -0.05) is 164 Å². The van der Waals surface area contributed by atoms with Crippen LogP contribution in [0, 0.1) is 0 Å². The zero-order valence-corrected chi connectivity index (χ0v) is 31.3. The zero-order chi connectivity index (χ0) is 38.2. The van der Waals surface area contributed by atoms with Crippen molar-refractivity contribution >= 4 is 65.3 Å². The monoisotopic (exact) mass is 739 g/mol. The molecule has 0 bridgehead atoms. The van der Waals surface area contributed by atoms with Crippen molar-refractivity contribution in [2.75, 3.05) is 0 Å². The highest BCUT2D eigenvalue weighted by molar-refractivity contribution is 6.22. The van der Waals surface area contributed by atoms with Gasteiger partial charge in [-0.3, -0.25) is 0 Å². The summed E-state index contributed by atoms with van der Waals surface area (Å²) in [7, 11) is 0. The normalized spacial score (nSPS) is 11.8. The molecule has 0 N–H and O–H groups in total. The first-order chi connectivity index (χ1) is 28.8. The fourth-order valence-corrected chi connectivity index (χ4v) is 9.08. The van der Waals surface area contributed by atoms with E-state index in [4.69, 9.17) is 14.4 Å². The molecule has 3 heterocycles. The van der Waals surface area contributed by atoms with Crippen LogP contribution in [0.25, 0.3) is 116 Å². The van der Waals surface area contributed by atoms with Crippen LogP contribution in [0.2, 0.25) is 0 Å². The molecule has 12 rings (SSSR count). The van der Waals surface area contributed by atoms with E-state index < -0.39 is 0 Å². The third-order valence-electron chi connectivity index (χ3n) is 11.6. The zero-order valence-electron chi connectivity index (χ0n) is 31.3. The van der Waals surface area contributed by atoms with Crippen LogP contribution in [-0.2, 0) is 0 Å². The van der Waals surface area contributed by atoms with Gasteiger partial charge >= 0.3 is 0 Å². The first-order valence-electron chi connectivity index (χ1n) is 19.7. The first kappa shape index (κ1) is 32.4. The molecule has 58 heavy (non-hydrogen) atoms. The predicted octanol–water partition coefficient (Wildman–Crippen LogP) is 14.4. The number of rotatable bonds is 5. The fourth-order valence-electron chi connectivity index (χ4n) is 9.08. The maximum absolute atomic E-state index is 6.75. The van der Waals surface area contributed by atoms with Crippen molar-refractivity contribution in [1.29, 1.82) is 0 Å². The second-order valence-corrected chi connectivity index (χ2v) is 14.9. The van der Waals surface area contributed by atoms with E-state index in [1.807, 2.05) is 24.3 Å². The Hall–Kier alpha value is -7.82. The lowest BCUT2D eigenvalue weighted by Gasteiger charge is -2.20. The number of fused-ring (bicyclic) bond motifs is 8. The number of benzene rings is 9. The third-order valence-corrected chi connectivity index (χ3v) is 11.6. The van der Waals surface area contributed by atoms with Crippen molar-refractivity contribution in [3.8, 4) is 50.7 Å². The average Bonchev–Trinajstić information content (AvgIpc) is 3.84. The Balaban J connectivity index is 1.20. The van der Waals surface area contributed by atoms with Crippen LogP contribution in [-0.4, -0.2) is 14.5 Å². The Morgan fingerprint density at radius 2 is 0.828 bits per heavy atom. The molecule has 12 aromatic rings. The number of nitrogens with zero attached hydrogens (tertiary/aromatic N) is 3. The van der Waals surface area contributed by atoms with E-state index in [-0.39, 0.29) is 0 Å². The molecular formula is C54H33N3O. The number of furan rings is 1. The van der Waals surface area contributed by atoms with E-state index in [1.165, 1.54) is 38.3 Å². The summed E-state index contributed by atoms with van der Waals surface area (Å²) < 4.78 is 9.21. The second kappa shape index (κ2) is 12.9. The van der Waals surface area contributed by atoms with Crippen molar-refractivity contribution in [3.05, 3.63) is 200 Å². The van der Waals surface area contributed by atoms with Gasteiger partial charge in [0, 0.05) is 49.0 Å². The van der Waals surface area contributed by atoms with Crippen LogP contribution in [0.1, 0.15) is 0 Å². The quantitative estimate of drug-likeness (QED) is 0.165. The highest BCUT2D eigenvalue weighted by Crippen LogP contribution is 2.47. The molecule has 0 fully saturated rings. The second-order valence-electron chi connectivity index (χ2n) is 14.9. The fraction of sp³-hybridized carbons (Fsp3) is 0. The van der Waals surface area contributed by atoms with E-state index in [2.05, 4.69) is 180 Å². The van der Waals surface area contributed by atoms with E-state index in [1.54, 1.807) is 0 Å². The highest BCUT2D eigenvalue weighted by atomic mass is 16.3. The maximum Gasteiger partial charge on any atom is 0.161 e. The molecule has 0 spiro atoms. The van der Waals surface area contributed by atoms with E-state index >= 15 is 0 Å². The Labute approximate surface area is 333 Å². The maximum atomic E-state index is 6.75. The summed E-state index contributed by atoms with van der Waals surface area (Å²) in [5, 5.41) is 9.16. The molecule has 0 unspecified atom stereocenters. The summed E-state index contributed by atoms with van der Waals surface area (Å²) in [4.78, 5) is 10.7. The number of hydrogen-bond donors (Lipinski definition) is 0. The van der Waals surface area contributed by atoms with Crippen molar-refractivity contribution in [1.82, 2.24) is 14.5 Å². The Kier molecular flexibility index (Phi) is 7.20. The van der Waals surface area contributed by atoms with Crippen LogP contribution in [0.3, 0.4) is 0 Å². The van der Waals surface area contributed by atoms with Gasteiger partial charge in [0.1, 0.15) is 11.2 Å². The van der Waals surface area contributed by atoms with Gasteiger partial charge in [-0.15, -0.1) is 0 Å². The Morgan fingerprint density at radius 3 is 1.40 bits per heavy atom. The first-order valence-corrected chi connectivity index (χ1v) is 19.7. The topological polar surface area (TPSA) is 43.9 Å². The van der Waals surface area contributed by atoms with Crippen LogP contribution in [0.15, 0.2) is 205 Å². The minimum atomic E-state index is 0.647. The van der Waals surface area contributed by atoms with Gasteiger partial charge in [0.05, 0.1) is 28.1 Å². The van der Waals surface area contributed by atoms with Gasteiger partial charge in [-0.05, 0) is 58.3 Å². The molecule has 0 saturated heterocycles. The lowest BCUT2D eigenvalue weighted by molar-refractivity contribution is 0.669. The van der Waals surface area contributed by atoms with E-state index in [9.17, 15) is 0 Å². The SMILES string of the molecule is c1ccc(-c2cc(-c3ccccc3)nc(-c3cc(-c4c5ccccc5c(-n5c6ccccc6c6ccccc65)c5ccccc45)cc4oc5ccccc5c34)n2)cc1. The average molecular weight is 740 g/mol. The molecular weight excluding hydrogens is 707 g/mol. The third kappa shape index (κ3) is 4.95. The summed E-state index contributed by atoms with van der Waals surface area (Å²) in [5.74, 6) is 0.647. The van der Waals surface area contributed by atoms with Gasteiger partial charge in [0.25, 0.3) is 0 Å². The van der Waals surface area contributed by atoms with Crippen LogP contribution in [0.4, 0.5) is 0 Å². The van der Waals surface area contributed by atoms with Crippen molar-refractivity contribution < 1.29 is 4.42 Å². The molecule has 0 aliphatic rings. The molecule has 9 aromatic carbocycles. The van der Waals surface area contributed by atoms with Gasteiger partial charge in [-0.2, -0.15) is 0 Å². The van der Waals surface area contributed by atoms with Crippen LogP contribution < -0.4 is 0 Å². The van der Waals surface area contributed by atoms with Gasteiger partial charge < -0.3 is 8.98 Å². The highest BCUT2D eigenvalue weighted by Gasteiger charge is 2.23. The molecule has 4 nitrogen and oxygen atoms in total. The van der Waals surface area contributed by atoms with Crippen molar-refractivity contribution in [2.45, 2.75) is 0 Å². The summed E-state index contributed by atoms with van der Waals surface area (Å²) in [6, 6.07) is 70.7. The minimum absolute atomic E-state index is 0.647. The van der Waals surface area contributed by atoms with Gasteiger partial charge in [-0.25, -0.2) is 9.97 Å². The van der Waals surface area contributed by atoms with Gasteiger partial charge in [0.2, 0.25) is 0 Å². The Bertz CT molecular complexity index is 3400. The van der Waals surface area contributed by atoms with Crippen LogP contribution in [0.5, 0.6) is 0 Å². The van der Waals surface area contributed by atoms with E-state index in [0.717, 1.165) is 71.9 Å². The standard InChI is InChI=1S/C54H33N3O/c1-3-17-34(18-4-1)45-33-46(35-19-5-2-6-20-35)56-54(55-45)44-31-36(32-50-52(44)43-27-13-16-30-49(43)58-50)51-39-23-7-9-25-41(39)53(42-26-10-8-24-40(42)51)57-47-28-14-11-21-37(47)38-22-12-15-29-48(38)57/h1-33H. The molecule has 0 aliphatic heterocycles. The lowest BCUT2D eigenvalue weighted by Crippen LogP contribution is -1.99. The molecule has 0 saturated carbocycles. The van der Waals surface area contributed by atoms with Crippen molar-refractivity contribution in [3.63, 3.8) is 0 Å². The predicted molar refractivity (Wildman–Crippen MR) is 240 cm³/mol. The Morgan fingerprint density at radius 1 is 0.362 bits per heavy atom. The molecule has 0 amide bonds. The number of para-hydroxylation sites is 3. The summed E-state index contributed by atoms with van der Waals surface area (Å²) in [5.41, 5.74) is 12.1. The lowest BCUT2D eigenvalue weighted by atomic mass is 9.89. The van der Waals surface area contributed by atoms with Crippen molar-refractivity contribution in [2.24, 2.45) is 0 Å². The van der Waals surface area contributed by atoms with Crippen LogP contribution >= 0.6 is 0 Å². The number of aromatic nitrogens is 3. The largest absolute Gasteiger partial charge is 0.456 e. The molecule has 3 aromatic heterocycles. The van der Waals surface area contributed by atoms with Gasteiger partial charge in [0.15, 0.2) is 5.82 Å². The molecule has 4 heteroatoms. The summed E-state index contributed by atoms with van der Waals surface area (Å²) in [6.07, 6.45) is 0. The molecule has 0 atom stereocenters. The number of hydrogen-bond acceptors (Lipinski definition) is 3. The smallest absolute Gasteiger partial charge is 0.161 e.